The largest absolute Gasteiger partial charge is 0.504 e. The normalized spacial score (nSPS) is 10.2. The van der Waals surface area contributed by atoms with Gasteiger partial charge < -0.3 is 29.2 Å². The van der Waals surface area contributed by atoms with Gasteiger partial charge >= 0.3 is 5.97 Å². The van der Waals surface area contributed by atoms with Gasteiger partial charge in [-0.25, -0.2) is 4.79 Å². The Kier molecular flexibility index (Phi) is 7.40. The fraction of sp³-hybridized carbons (Fsp3) is 0.278. The first-order chi connectivity index (χ1) is 12.2. The van der Waals surface area contributed by atoms with Crippen molar-refractivity contribution in [2.24, 2.45) is 0 Å². The quantitative estimate of drug-likeness (QED) is 0.602. The molecule has 0 aliphatic rings. The van der Waals surface area contributed by atoms with E-state index in [2.05, 4.69) is 0 Å². The predicted molar refractivity (Wildman–Crippen MR) is 89.5 cm³/mol. The topological polar surface area (TPSA) is 94.5 Å². The van der Waals surface area contributed by atoms with Gasteiger partial charge in [-0.15, -0.1) is 0 Å². The summed E-state index contributed by atoms with van der Waals surface area (Å²) < 4.78 is 21.4. The number of aliphatic carboxylic acids is 1. The molecule has 0 aliphatic carbocycles. The second-order valence-corrected chi connectivity index (χ2v) is 4.91. The van der Waals surface area contributed by atoms with Crippen LogP contribution in [0, 0.1) is 0 Å². The van der Waals surface area contributed by atoms with E-state index < -0.39 is 12.6 Å². The van der Waals surface area contributed by atoms with Crippen LogP contribution in [-0.2, 0) is 9.53 Å². The average molecular weight is 348 g/mol. The predicted octanol–water partition coefficient (Wildman–Crippen LogP) is 2.33. The Hall–Kier alpha value is -2.93. The Morgan fingerprint density at radius 1 is 0.760 bits per heavy atom. The molecule has 0 saturated carbocycles. The van der Waals surface area contributed by atoms with Gasteiger partial charge in [-0.05, 0) is 24.3 Å². The van der Waals surface area contributed by atoms with Crippen molar-refractivity contribution in [3.63, 3.8) is 0 Å². The molecule has 0 aromatic heterocycles. The number of benzene rings is 2. The number of ether oxygens (including phenoxy) is 4. The highest BCUT2D eigenvalue weighted by atomic mass is 16.6. The monoisotopic (exact) mass is 348 g/mol. The highest BCUT2D eigenvalue weighted by molar-refractivity contribution is 5.68. The molecular formula is C18H20O7. The average Bonchev–Trinajstić information content (AvgIpc) is 2.61. The van der Waals surface area contributed by atoms with E-state index in [9.17, 15) is 9.90 Å². The van der Waals surface area contributed by atoms with E-state index in [1.807, 2.05) is 0 Å². The third-order valence-electron chi connectivity index (χ3n) is 3.04. The van der Waals surface area contributed by atoms with Gasteiger partial charge in [0.1, 0.15) is 13.2 Å². The third-order valence-corrected chi connectivity index (χ3v) is 3.04. The maximum absolute atomic E-state index is 10.6. The molecule has 0 amide bonds. The summed E-state index contributed by atoms with van der Waals surface area (Å²) >= 11 is 0. The molecule has 0 heterocycles. The summed E-state index contributed by atoms with van der Waals surface area (Å²) in [5, 5.41) is 18.2. The second kappa shape index (κ2) is 10.0. The van der Waals surface area contributed by atoms with Crippen LogP contribution < -0.4 is 14.2 Å². The Labute approximate surface area is 145 Å². The summed E-state index contributed by atoms with van der Waals surface area (Å²) in [7, 11) is 0. The Balaban J connectivity index is 1.63. The molecule has 25 heavy (non-hydrogen) atoms. The summed E-state index contributed by atoms with van der Waals surface area (Å²) in [6, 6.07) is 13.5. The zero-order valence-electron chi connectivity index (χ0n) is 13.6. The van der Waals surface area contributed by atoms with Crippen molar-refractivity contribution in [3.05, 3.63) is 48.5 Å². The fourth-order valence-electron chi connectivity index (χ4n) is 1.93. The molecule has 0 fully saturated rings. The first-order valence-electron chi connectivity index (χ1n) is 7.72. The summed E-state index contributed by atoms with van der Waals surface area (Å²) in [6.45, 7) is 0.826. The maximum Gasteiger partial charge on any atom is 0.341 e. The Morgan fingerprint density at radius 3 is 1.88 bits per heavy atom. The van der Waals surface area contributed by atoms with Gasteiger partial charge in [0.2, 0.25) is 0 Å². The highest BCUT2D eigenvalue weighted by Crippen LogP contribution is 2.26. The summed E-state index contributed by atoms with van der Waals surface area (Å²) in [5.74, 6) is 0.267. The molecule has 134 valence electrons. The Bertz CT molecular complexity index is 672. The van der Waals surface area contributed by atoms with Crippen LogP contribution in [0.2, 0.25) is 0 Å². The van der Waals surface area contributed by atoms with Crippen molar-refractivity contribution in [1.29, 1.82) is 0 Å². The third kappa shape index (κ3) is 6.60. The van der Waals surface area contributed by atoms with Gasteiger partial charge in [-0.2, -0.15) is 0 Å². The lowest BCUT2D eigenvalue weighted by molar-refractivity contribution is -0.139. The summed E-state index contributed by atoms with van der Waals surface area (Å²) in [5.41, 5.74) is 0. The molecule has 2 aromatic carbocycles. The van der Waals surface area contributed by atoms with E-state index in [4.69, 9.17) is 24.1 Å². The molecule has 2 N–H and O–H groups in total. The number of aromatic hydroxyl groups is 1. The molecule has 0 atom stereocenters. The van der Waals surface area contributed by atoms with Crippen LogP contribution in [0.15, 0.2) is 48.5 Å². The molecule has 7 heteroatoms. The smallest absolute Gasteiger partial charge is 0.341 e. The summed E-state index contributed by atoms with van der Waals surface area (Å²) in [4.78, 5) is 10.6. The van der Waals surface area contributed by atoms with Gasteiger partial charge in [-0.1, -0.05) is 24.3 Å². The van der Waals surface area contributed by atoms with Crippen molar-refractivity contribution >= 4 is 5.97 Å². The number of hydrogen-bond donors (Lipinski definition) is 2. The molecule has 0 bridgehead atoms. The number of carboxylic acid groups (broad SMARTS) is 1. The van der Waals surface area contributed by atoms with E-state index >= 15 is 0 Å². The van der Waals surface area contributed by atoms with Gasteiger partial charge in [-0.3, -0.25) is 0 Å². The molecule has 7 nitrogen and oxygen atoms in total. The van der Waals surface area contributed by atoms with E-state index in [-0.39, 0.29) is 12.4 Å². The first kappa shape index (κ1) is 18.4. The van der Waals surface area contributed by atoms with E-state index in [0.29, 0.717) is 37.1 Å². The number of para-hydroxylation sites is 4. The van der Waals surface area contributed by atoms with Crippen molar-refractivity contribution in [2.75, 3.05) is 33.0 Å². The van der Waals surface area contributed by atoms with Gasteiger partial charge in [0.15, 0.2) is 29.6 Å². The zero-order valence-corrected chi connectivity index (χ0v) is 13.6. The number of phenols is 1. The number of carbonyl (C=O) groups is 1. The Morgan fingerprint density at radius 2 is 1.28 bits per heavy atom. The standard InChI is InChI=1S/C18H20O7/c19-14-5-1-2-6-15(14)23-11-9-22-10-12-24-16-7-3-4-8-17(16)25-13-18(20)21/h1-8,19H,9-13H2,(H,20,21). The molecule has 0 unspecified atom stereocenters. The molecule has 0 saturated heterocycles. The minimum atomic E-state index is -1.05. The van der Waals surface area contributed by atoms with E-state index in [1.165, 1.54) is 0 Å². The van der Waals surface area contributed by atoms with Crippen LogP contribution in [0.25, 0.3) is 0 Å². The van der Waals surface area contributed by atoms with Crippen LogP contribution in [0.4, 0.5) is 0 Å². The summed E-state index contributed by atoms with van der Waals surface area (Å²) in [6.07, 6.45) is 0. The second-order valence-electron chi connectivity index (χ2n) is 4.91. The van der Waals surface area contributed by atoms with Crippen LogP contribution in [0.1, 0.15) is 0 Å². The zero-order chi connectivity index (χ0) is 17.9. The van der Waals surface area contributed by atoms with Crippen LogP contribution in [0.5, 0.6) is 23.0 Å². The van der Waals surface area contributed by atoms with Crippen LogP contribution >= 0.6 is 0 Å². The number of phenolic OH excluding ortho intramolecular Hbond substituents is 1. The minimum absolute atomic E-state index is 0.0869. The molecule has 2 rings (SSSR count). The fourth-order valence-corrected chi connectivity index (χ4v) is 1.93. The lowest BCUT2D eigenvalue weighted by Crippen LogP contribution is -2.13. The number of hydrogen-bond acceptors (Lipinski definition) is 6. The van der Waals surface area contributed by atoms with Gasteiger partial charge in [0.05, 0.1) is 13.2 Å². The molecule has 0 spiro atoms. The number of carboxylic acids is 1. The lowest BCUT2D eigenvalue weighted by atomic mass is 10.3. The van der Waals surface area contributed by atoms with E-state index in [1.54, 1.807) is 48.5 Å². The lowest BCUT2D eigenvalue weighted by Gasteiger charge is -2.12. The highest BCUT2D eigenvalue weighted by Gasteiger charge is 2.06. The maximum atomic E-state index is 10.6. The van der Waals surface area contributed by atoms with Gasteiger partial charge in [0, 0.05) is 0 Å². The SMILES string of the molecule is O=C(O)COc1ccccc1OCCOCCOc1ccccc1O. The van der Waals surface area contributed by atoms with Crippen LogP contribution in [0.3, 0.4) is 0 Å². The van der Waals surface area contributed by atoms with Crippen LogP contribution in [-0.4, -0.2) is 49.2 Å². The first-order valence-corrected chi connectivity index (χ1v) is 7.72. The molecular weight excluding hydrogens is 328 g/mol. The van der Waals surface area contributed by atoms with Crippen molar-refractivity contribution in [1.82, 2.24) is 0 Å². The van der Waals surface area contributed by atoms with E-state index in [0.717, 1.165) is 0 Å². The molecule has 0 radical (unpaired) electrons. The van der Waals surface area contributed by atoms with Crippen molar-refractivity contribution in [2.45, 2.75) is 0 Å². The van der Waals surface area contributed by atoms with Gasteiger partial charge in [0.25, 0.3) is 0 Å². The van der Waals surface area contributed by atoms with Crippen molar-refractivity contribution < 1.29 is 34.0 Å². The molecule has 0 aliphatic heterocycles. The molecule has 2 aromatic rings. The number of rotatable bonds is 11. The minimum Gasteiger partial charge on any atom is -0.504 e. The van der Waals surface area contributed by atoms with Crippen molar-refractivity contribution in [3.8, 4) is 23.0 Å².